The monoisotopic (exact) mass is 380 g/mol. The SMILES string of the molecule is O=[N+]([O-])c1cccc(OCc2cccc(COc3cccc([N+](=O)[O-])c3)c2)c1. The molecule has 8 nitrogen and oxygen atoms in total. The lowest BCUT2D eigenvalue weighted by atomic mass is 10.1. The molecule has 142 valence electrons. The molecular weight excluding hydrogens is 364 g/mol. The van der Waals surface area contributed by atoms with Gasteiger partial charge in [-0.05, 0) is 29.3 Å². The lowest BCUT2D eigenvalue weighted by Crippen LogP contribution is -2.00. The summed E-state index contributed by atoms with van der Waals surface area (Å²) in [6, 6.07) is 19.5. The fraction of sp³-hybridized carbons (Fsp3) is 0.100. The van der Waals surface area contributed by atoms with E-state index in [4.69, 9.17) is 9.47 Å². The molecule has 0 N–H and O–H groups in total. The smallest absolute Gasteiger partial charge is 0.273 e. The minimum atomic E-state index is -0.473. The lowest BCUT2D eigenvalue weighted by Gasteiger charge is -2.09. The van der Waals surface area contributed by atoms with E-state index in [0.29, 0.717) is 11.5 Å². The van der Waals surface area contributed by atoms with Crippen LogP contribution < -0.4 is 9.47 Å². The number of hydrogen-bond acceptors (Lipinski definition) is 6. The van der Waals surface area contributed by atoms with Crippen LogP contribution in [-0.4, -0.2) is 9.85 Å². The number of benzene rings is 3. The molecular formula is C20H16N2O6. The first-order valence-corrected chi connectivity index (χ1v) is 8.33. The van der Waals surface area contributed by atoms with Crippen molar-refractivity contribution in [1.82, 2.24) is 0 Å². The molecule has 0 fully saturated rings. The Bertz CT molecular complexity index is 928. The van der Waals surface area contributed by atoms with Crippen LogP contribution in [0.3, 0.4) is 0 Å². The van der Waals surface area contributed by atoms with Crippen LogP contribution in [0.4, 0.5) is 11.4 Å². The molecule has 0 radical (unpaired) electrons. The molecule has 0 spiro atoms. The van der Waals surface area contributed by atoms with Gasteiger partial charge in [0.2, 0.25) is 0 Å². The highest BCUT2D eigenvalue weighted by atomic mass is 16.6. The molecule has 3 aromatic rings. The molecule has 28 heavy (non-hydrogen) atoms. The maximum absolute atomic E-state index is 10.8. The second-order valence-corrected chi connectivity index (χ2v) is 5.91. The Morgan fingerprint density at radius 1 is 0.643 bits per heavy atom. The highest BCUT2D eigenvalue weighted by Crippen LogP contribution is 2.22. The van der Waals surface area contributed by atoms with Gasteiger partial charge in [-0.1, -0.05) is 30.3 Å². The number of nitro groups is 2. The number of nitro benzene ring substituents is 2. The van der Waals surface area contributed by atoms with Gasteiger partial charge in [0.1, 0.15) is 24.7 Å². The van der Waals surface area contributed by atoms with Gasteiger partial charge < -0.3 is 9.47 Å². The van der Waals surface area contributed by atoms with Gasteiger partial charge >= 0.3 is 0 Å². The van der Waals surface area contributed by atoms with Crippen LogP contribution in [-0.2, 0) is 13.2 Å². The van der Waals surface area contributed by atoms with Crippen molar-refractivity contribution >= 4 is 11.4 Å². The summed E-state index contributed by atoms with van der Waals surface area (Å²) in [5.41, 5.74) is 1.67. The fourth-order valence-corrected chi connectivity index (χ4v) is 2.52. The summed E-state index contributed by atoms with van der Waals surface area (Å²) in [5.74, 6) is 0.819. The minimum Gasteiger partial charge on any atom is -0.489 e. The zero-order valence-corrected chi connectivity index (χ0v) is 14.7. The molecule has 0 atom stereocenters. The first-order valence-electron chi connectivity index (χ1n) is 8.33. The number of ether oxygens (including phenoxy) is 2. The van der Waals surface area contributed by atoms with Crippen molar-refractivity contribution < 1.29 is 19.3 Å². The van der Waals surface area contributed by atoms with Crippen molar-refractivity contribution in [2.75, 3.05) is 0 Å². The molecule has 3 rings (SSSR count). The van der Waals surface area contributed by atoms with E-state index in [2.05, 4.69) is 0 Å². The lowest BCUT2D eigenvalue weighted by molar-refractivity contribution is -0.385. The van der Waals surface area contributed by atoms with E-state index >= 15 is 0 Å². The fourth-order valence-electron chi connectivity index (χ4n) is 2.52. The summed E-state index contributed by atoms with van der Waals surface area (Å²) in [6.45, 7) is 0.484. The Kier molecular flexibility index (Phi) is 5.81. The topological polar surface area (TPSA) is 105 Å². The van der Waals surface area contributed by atoms with Crippen LogP contribution in [0.1, 0.15) is 11.1 Å². The number of hydrogen-bond donors (Lipinski definition) is 0. The van der Waals surface area contributed by atoms with Crippen molar-refractivity contribution in [2.24, 2.45) is 0 Å². The van der Waals surface area contributed by atoms with E-state index in [0.717, 1.165) is 11.1 Å². The number of non-ortho nitro benzene ring substituents is 2. The molecule has 8 heteroatoms. The molecule has 0 aliphatic heterocycles. The van der Waals surface area contributed by atoms with Crippen molar-refractivity contribution in [3.63, 3.8) is 0 Å². The number of rotatable bonds is 8. The Labute approximate surface area is 160 Å². The summed E-state index contributed by atoms with van der Waals surface area (Å²) < 4.78 is 11.2. The quantitative estimate of drug-likeness (QED) is 0.416. The van der Waals surface area contributed by atoms with Crippen LogP contribution in [0, 0.1) is 20.2 Å². The van der Waals surface area contributed by atoms with Crippen LogP contribution in [0.15, 0.2) is 72.8 Å². The third kappa shape index (κ3) is 5.04. The van der Waals surface area contributed by atoms with Gasteiger partial charge in [0.25, 0.3) is 11.4 Å². The minimum absolute atomic E-state index is 0.0309. The maximum atomic E-state index is 10.8. The van der Waals surface area contributed by atoms with Gasteiger partial charge in [0, 0.05) is 12.1 Å². The van der Waals surface area contributed by atoms with Gasteiger partial charge in [0.15, 0.2) is 0 Å². The largest absolute Gasteiger partial charge is 0.489 e. The van der Waals surface area contributed by atoms with Crippen molar-refractivity contribution in [1.29, 1.82) is 0 Å². The Morgan fingerprint density at radius 3 is 1.50 bits per heavy atom. The molecule has 0 saturated carbocycles. The van der Waals surface area contributed by atoms with Crippen LogP contribution in [0.5, 0.6) is 11.5 Å². The second-order valence-electron chi connectivity index (χ2n) is 5.91. The Morgan fingerprint density at radius 2 is 1.07 bits per heavy atom. The number of nitrogens with zero attached hydrogens (tertiary/aromatic N) is 2. The molecule has 0 unspecified atom stereocenters. The predicted molar refractivity (Wildman–Crippen MR) is 101 cm³/mol. The van der Waals surface area contributed by atoms with E-state index in [-0.39, 0.29) is 24.6 Å². The summed E-state index contributed by atoms with van der Waals surface area (Å²) in [4.78, 5) is 20.7. The third-order valence-corrected chi connectivity index (χ3v) is 3.86. The van der Waals surface area contributed by atoms with Crippen molar-refractivity contribution in [3.05, 3.63) is 104 Å². The molecule has 0 bridgehead atoms. The maximum Gasteiger partial charge on any atom is 0.273 e. The normalized spacial score (nSPS) is 10.3. The van der Waals surface area contributed by atoms with E-state index in [1.807, 2.05) is 24.3 Å². The highest BCUT2D eigenvalue weighted by Gasteiger charge is 2.08. The standard InChI is InChI=1S/C20H16N2O6/c23-21(24)17-6-2-8-19(11-17)27-13-15-4-1-5-16(10-15)14-28-20-9-3-7-18(12-20)22(25)26/h1-12H,13-14H2. The summed E-state index contributed by atoms with van der Waals surface area (Å²) in [7, 11) is 0. The van der Waals surface area contributed by atoms with Gasteiger partial charge in [-0.2, -0.15) is 0 Å². The predicted octanol–water partition coefficient (Wildman–Crippen LogP) is 4.66. The first kappa shape index (κ1) is 18.8. The van der Waals surface area contributed by atoms with Gasteiger partial charge in [-0.3, -0.25) is 20.2 Å². The molecule has 0 amide bonds. The highest BCUT2D eigenvalue weighted by molar-refractivity contribution is 5.39. The van der Waals surface area contributed by atoms with E-state index < -0.39 is 9.85 Å². The molecule has 0 aliphatic rings. The summed E-state index contributed by atoms with van der Waals surface area (Å²) >= 11 is 0. The van der Waals surface area contributed by atoms with E-state index in [1.165, 1.54) is 24.3 Å². The first-order chi connectivity index (χ1) is 13.5. The van der Waals surface area contributed by atoms with Crippen molar-refractivity contribution in [3.8, 4) is 11.5 Å². The molecule has 3 aromatic carbocycles. The van der Waals surface area contributed by atoms with Gasteiger partial charge in [-0.25, -0.2) is 0 Å². The zero-order chi connectivity index (χ0) is 19.9. The third-order valence-electron chi connectivity index (χ3n) is 3.86. The van der Waals surface area contributed by atoms with Crippen molar-refractivity contribution in [2.45, 2.75) is 13.2 Å². The van der Waals surface area contributed by atoms with Crippen LogP contribution in [0.25, 0.3) is 0 Å². The van der Waals surface area contributed by atoms with Crippen LogP contribution in [0.2, 0.25) is 0 Å². The van der Waals surface area contributed by atoms with E-state index in [1.54, 1.807) is 24.3 Å². The van der Waals surface area contributed by atoms with Gasteiger partial charge in [0.05, 0.1) is 22.0 Å². The Balaban J connectivity index is 1.61. The molecule has 0 saturated heterocycles. The van der Waals surface area contributed by atoms with Crippen LogP contribution >= 0.6 is 0 Å². The van der Waals surface area contributed by atoms with E-state index in [9.17, 15) is 20.2 Å². The molecule has 0 aliphatic carbocycles. The zero-order valence-electron chi connectivity index (χ0n) is 14.7. The second kappa shape index (κ2) is 8.63. The average Bonchev–Trinajstić information content (AvgIpc) is 2.71. The molecule has 0 heterocycles. The average molecular weight is 380 g/mol. The molecule has 0 aromatic heterocycles. The summed E-state index contributed by atoms with van der Waals surface area (Å²) in [5, 5.41) is 21.6. The Hall–Kier alpha value is -3.94. The van der Waals surface area contributed by atoms with Gasteiger partial charge in [-0.15, -0.1) is 0 Å². The summed E-state index contributed by atoms with van der Waals surface area (Å²) in [6.07, 6.45) is 0.